The highest BCUT2D eigenvalue weighted by Crippen LogP contribution is 2.50. The number of rotatable bonds is 20. The van der Waals surface area contributed by atoms with Crippen LogP contribution in [0, 0.1) is 23.3 Å². The van der Waals surface area contributed by atoms with Crippen molar-refractivity contribution >= 4 is 45.0 Å². The number of aliphatic hydroxyl groups is 1. The van der Waals surface area contributed by atoms with Crippen LogP contribution in [-0.4, -0.2) is 105 Å². The van der Waals surface area contributed by atoms with E-state index >= 15 is 8.78 Å². The number of aryl methyl sites for hydroxylation is 1. The number of hydrogen-bond donors (Lipinski definition) is 3. The molecule has 6 heterocycles. The molecule has 2 aliphatic rings. The van der Waals surface area contributed by atoms with Crippen molar-refractivity contribution in [1.82, 2.24) is 28.2 Å². The number of aliphatic hydroxyl groups excluding tert-OH is 1. The van der Waals surface area contributed by atoms with E-state index in [0.29, 0.717) is 89.0 Å². The van der Waals surface area contributed by atoms with E-state index < -0.39 is 69.2 Å². The highest BCUT2D eigenvalue weighted by molar-refractivity contribution is 6.05. The quantitative estimate of drug-likeness (QED) is 0.0473. The first kappa shape index (κ1) is 65.0. The second kappa shape index (κ2) is 28.6. The summed E-state index contributed by atoms with van der Waals surface area (Å²) in [4.78, 5) is 87.6. The second-order valence-electron chi connectivity index (χ2n) is 21.4. The number of methoxy groups -OCH3 is 1. The second-order valence-corrected chi connectivity index (χ2v) is 21.4. The molecular weight excluding hydrogens is 1250 g/mol. The highest BCUT2D eigenvalue weighted by Gasteiger charge is 2.29. The van der Waals surface area contributed by atoms with E-state index in [4.69, 9.17) is 47.7 Å². The van der Waals surface area contributed by atoms with Crippen LogP contribution in [-0.2, 0) is 11.8 Å². The van der Waals surface area contributed by atoms with Gasteiger partial charge in [0.05, 0.1) is 46.4 Å². The Morgan fingerprint density at radius 2 is 0.989 bits per heavy atom. The predicted octanol–water partition coefficient (Wildman–Crippen LogP) is 9.58. The van der Waals surface area contributed by atoms with Crippen molar-refractivity contribution in [3.63, 3.8) is 0 Å². The van der Waals surface area contributed by atoms with Gasteiger partial charge in [0, 0.05) is 107 Å². The Balaban J connectivity index is 0.000000193. The molecule has 0 atom stereocenters. The number of aromatic nitrogens is 6. The molecule has 12 rings (SSSR count). The number of ether oxygens (including phenoxy) is 9. The van der Waals surface area contributed by atoms with E-state index in [1.165, 1.54) is 78.6 Å². The fourth-order valence-electron chi connectivity index (χ4n) is 10.1. The Morgan fingerprint density at radius 3 is 1.43 bits per heavy atom. The summed E-state index contributed by atoms with van der Waals surface area (Å²) in [6.07, 6.45) is 6.27. The molecule has 0 radical (unpaired) electrons. The fraction of sp³-hybridized carbons (Fsp3) is 0.224. The molecule has 0 spiro atoms. The molecule has 0 saturated heterocycles. The number of benzene rings is 6. The Morgan fingerprint density at radius 1 is 0.547 bits per heavy atom. The lowest BCUT2D eigenvalue weighted by atomic mass is 10.1. The number of hydrogen-bond acceptors (Lipinski definition) is 18. The van der Waals surface area contributed by atoms with Crippen LogP contribution < -0.4 is 71.0 Å². The third-order valence-corrected chi connectivity index (χ3v) is 14.6. The van der Waals surface area contributed by atoms with Crippen molar-refractivity contribution in [3.8, 4) is 68.9 Å². The minimum Gasteiger partial charge on any atom is -0.489 e. The predicted molar refractivity (Wildman–Crippen MR) is 337 cm³/mol. The van der Waals surface area contributed by atoms with Gasteiger partial charge in [0.25, 0.3) is 22.9 Å². The molecule has 2 amide bonds. The van der Waals surface area contributed by atoms with Crippen LogP contribution >= 0.6 is 0 Å². The fourth-order valence-corrected chi connectivity index (χ4v) is 10.1. The van der Waals surface area contributed by atoms with E-state index in [0.717, 1.165) is 62.5 Å². The van der Waals surface area contributed by atoms with Gasteiger partial charge in [-0.3, -0.25) is 33.7 Å². The number of anilines is 2. The van der Waals surface area contributed by atoms with E-state index in [-0.39, 0.29) is 84.3 Å². The first-order valence-electron chi connectivity index (χ1n) is 29.5. The van der Waals surface area contributed by atoms with Crippen molar-refractivity contribution in [2.75, 3.05) is 70.6 Å². The first-order valence-corrected chi connectivity index (χ1v) is 29.5. The summed E-state index contributed by atoms with van der Waals surface area (Å²) in [5, 5.41) is 15.0. The number of nitrogens with one attached hydrogen (secondary N) is 2. The van der Waals surface area contributed by atoms with Crippen molar-refractivity contribution in [2.24, 2.45) is 7.05 Å². The summed E-state index contributed by atoms with van der Waals surface area (Å²) in [7, 11) is 2.97. The number of carbonyl (C=O) groups is 2. The summed E-state index contributed by atoms with van der Waals surface area (Å²) in [6.45, 7) is 5.63. The van der Waals surface area contributed by atoms with Gasteiger partial charge in [-0.25, -0.2) is 36.3 Å². The molecule has 0 saturated carbocycles. The monoisotopic (exact) mass is 1310 g/mol. The molecule has 6 aromatic carbocycles. The van der Waals surface area contributed by atoms with Crippen LogP contribution in [0.25, 0.3) is 33.2 Å². The Bertz CT molecular complexity index is 4830. The van der Waals surface area contributed by atoms with Gasteiger partial charge in [-0.1, -0.05) is 0 Å². The van der Waals surface area contributed by atoms with Gasteiger partial charge in [0.1, 0.15) is 60.7 Å². The average Bonchev–Trinajstić information content (AvgIpc) is 0.862. The van der Waals surface area contributed by atoms with Gasteiger partial charge in [-0.2, -0.15) is 0 Å². The minimum atomic E-state index is -0.930. The molecule has 2 aliphatic heterocycles. The summed E-state index contributed by atoms with van der Waals surface area (Å²) in [5.74, 6) is -2.21. The lowest BCUT2D eigenvalue weighted by molar-refractivity contribution is 0.101. The van der Waals surface area contributed by atoms with Crippen molar-refractivity contribution in [3.05, 3.63) is 210 Å². The van der Waals surface area contributed by atoms with E-state index in [1.807, 2.05) is 0 Å². The number of carbonyl (C=O) groups excluding carboxylic acids is 2. The largest absolute Gasteiger partial charge is 0.489 e. The molecular formula is C67H58F4N8O16. The summed E-state index contributed by atoms with van der Waals surface area (Å²) < 4.78 is 114. The van der Waals surface area contributed by atoms with Crippen LogP contribution in [0.1, 0.15) is 53.4 Å². The van der Waals surface area contributed by atoms with Gasteiger partial charge in [-0.05, 0) is 98.8 Å². The Labute approximate surface area is 535 Å². The third kappa shape index (κ3) is 14.0. The maximum absolute atomic E-state index is 15.5. The Kier molecular flexibility index (Phi) is 19.5. The smallest absolute Gasteiger partial charge is 0.335 e. The topological polar surface area (TPSA) is 275 Å². The van der Waals surface area contributed by atoms with Crippen LogP contribution in [0.2, 0.25) is 0 Å². The van der Waals surface area contributed by atoms with Gasteiger partial charge >= 0.3 is 11.4 Å². The van der Waals surface area contributed by atoms with Crippen LogP contribution in [0.5, 0.6) is 57.5 Å². The summed E-state index contributed by atoms with van der Waals surface area (Å²) in [5.41, 5.74) is -2.99. The molecule has 0 fully saturated rings. The number of halogens is 4. The number of amides is 2. The van der Waals surface area contributed by atoms with Crippen LogP contribution in [0.15, 0.2) is 153 Å². The van der Waals surface area contributed by atoms with Gasteiger partial charge in [-0.15, -0.1) is 0 Å². The van der Waals surface area contributed by atoms with Crippen molar-refractivity contribution in [1.29, 1.82) is 0 Å². The standard InChI is InChI=1S/C34H30F2N4O8.C33H28F2N4O8/c1-19(2)39-18-23(33(43)40(34(39)44)22-7-4-20(35)5-8-22)32(42)38-21-6-9-26(24(36)16-21)48-27-10-11-37-25-17-28(45-13-3-12-41)30-31(29(25)27)47-15-14-46-30;1-38-18-22(32(41)39(33(38)42)21-7-4-19(34)5-8-21)31(40)37-20-6-9-25(23(35)16-20)47-26-10-11-36-24-17-27(44-13-3-12-43-2)29-30(28(24)26)46-15-14-45-29/h4-11,16-19,41H,3,12-15H2,1-2H3,(H,38,42);4-11,16-18H,3,12-15H2,1-2H3,(H,37,40). The van der Waals surface area contributed by atoms with Crippen molar-refractivity contribution in [2.45, 2.75) is 32.7 Å². The Hall–Kier alpha value is -11.5. The zero-order valence-electron chi connectivity index (χ0n) is 51.1. The lowest BCUT2D eigenvalue weighted by Crippen LogP contribution is -2.42. The first-order chi connectivity index (χ1) is 45.9. The molecule has 3 N–H and O–H groups in total. The molecule has 95 heavy (non-hydrogen) atoms. The normalized spacial score (nSPS) is 12.2. The summed E-state index contributed by atoms with van der Waals surface area (Å²) in [6, 6.07) is 22.8. The molecule has 490 valence electrons. The average molecular weight is 1310 g/mol. The number of nitrogens with zero attached hydrogens (tertiary/aromatic N) is 6. The van der Waals surface area contributed by atoms with Gasteiger partial charge < -0.3 is 62.9 Å². The SMILES string of the molecule is CC(C)n1cc(C(=O)Nc2ccc(Oc3ccnc4cc(OCCCO)c5c(c34)OCCO5)c(F)c2)c(=O)n(-c2ccc(F)cc2)c1=O.COCCCOc1cc2nccc(Oc3ccc(NC(=O)c4cn(C)c(=O)n(-c5ccc(F)cc5)c4=O)cc3F)c2c2c1OCCO2. The highest BCUT2D eigenvalue weighted by atomic mass is 19.1. The van der Waals surface area contributed by atoms with Crippen molar-refractivity contribution < 1.29 is 74.9 Å². The molecule has 10 aromatic rings. The third-order valence-electron chi connectivity index (χ3n) is 14.6. The molecule has 0 bridgehead atoms. The molecule has 24 nitrogen and oxygen atoms in total. The van der Waals surface area contributed by atoms with E-state index in [9.17, 15) is 37.5 Å². The molecule has 0 unspecified atom stereocenters. The zero-order valence-corrected chi connectivity index (χ0v) is 51.1. The van der Waals surface area contributed by atoms with Gasteiger partial charge in [0.15, 0.2) is 46.1 Å². The summed E-state index contributed by atoms with van der Waals surface area (Å²) >= 11 is 0. The molecule has 4 aromatic heterocycles. The molecule has 28 heteroatoms. The van der Waals surface area contributed by atoms with Crippen LogP contribution in [0.4, 0.5) is 28.9 Å². The maximum Gasteiger partial charge on any atom is 0.335 e. The van der Waals surface area contributed by atoms with Gasteiger partial charge in [0.2, 0.25) is 11.5 Å². The maximum atomic E-state index is 15.5. The van der Waals surface area contributed by atoms with E-state index in [2.05, 4.69) is 20.6 Å². The zero-order chi connectivity index (χ0) is 67.0. The van der Waals surface area contributed by atoms with E-state index in [1.54, 1.807) is 39.2 Å². The van der Waals surface area contributed by atoms with Crippen LogP contribution in [0.3, 0.4) is 0 Å². The number of fused-ring (bicyclic) bond motifs is 6. The number of pyridine rings is 2. The molecule has 0 aliphatic carbocycles. The minimum absolute atomic E-state index is 0.0123. The lowest BCUT2D eigenvalue weighted by Gasteiger charge is -2.23.